The smallest absolute Gasteiger partial charge is 0.372 e. The molecule has 7 nitrogen and oxygen atoms in total. The second kappa shape index (κ2) is 9.64. The first kappa shape index (κ1) is 30.1. The van der Waals surface area contributed by atoms with Gasteiger partial charge in [0.25, 0.3) is 0 Å². The number of hydrogen-bond donors (Lipinski definition) is 3. The Kier molecular flexibility index (Phi) is 8.07. The number of nitrogens with one attached hydrogen (secondary N) is 2. The average Bonchev–Trinajstić information content (AvgIpc) is 2.71. The zero-order valence-corrected chi connectivity index (χ0v) is 19.5. The minimum atomic E-state index is -5.94. The number of amides is 1. The van der Waals surface area contributed by atoms with E-state index in [4.69, 9.17) is 10.5 Å². The summed E-state index contributed by atoms with van der Waals surface area (Å²) in [6.07, 6.45) is -12.1. The Morgan fingerprint density at radius 3 is 1.92 bits per heavy atom. The molecule has 3 atom stereocenters. The van der Waals surface area contributed by atoms with Gasteiger partial charge in [0.2, 0.25) is 5.91 Å². The van der Waals surface area contributed by atoms with Gasteiger partial charge in [-0.15, -0.1) is 0 Å². The van der Waals surface area contributed by atoms with Crippen molar-refractivity contribution in [2.24, 2.45) is 5.73 Å². The van der Waals surface area contributed by atoms with Gasteiger partial charge in [-0.3, -0.25) is 4.79 Å². The van der Waals surface area contributed by atoms with Gasteiger partial charge < -0.3 is 15.8 Å². The number of halogens is 9. The third kappa shape index (κ3) is 6.80. The molecule has 3 unspecified atom stereocenters. The summed E-state index contributed by atoms with van der Waals surface area (Å²) in [7, 11) is -5.94. The van der Waals surface area contributed by atoms with Crippen LogP contribution in [0, 0.1) is 0 Å². The summed E-state index contributed by atoms with van der Waals surface area (Å²) >= 11 is 0. The van der Waals surface area contributed by atoms with Gasteiger partial charge in [0.15, 0.2) is 0 Å². The molecule has 2 rings (SSSR count). The van der Waals surface area contributed by atoms with Crippen LogP contribution in [0.1, 0.15) is 49.5 Å². The number of primary amides is 1. The summed E-state index contributed by atoms with van der Waals surface area (Å²) in [6, 6.07) is 0.965. The van der Waals surface area contributed by atoms with Crippen LogP contribution in [-0.2, 0) is 31.9 Å². The second-order valence-corrected chi connectivity index (χ2v) is 10.4. The Bertz CT molecular complexity index is 1040. The normalized spacial score (nSPS) is 25.0. The minimum absolute atomic E-state index is 0.0361. The number of rotatable bonds is 7. The van der Waals surface area contributed by atoms with Gasteiger partial charge in [-0.25, -0.2) is 8.42 Å². The Labute approximate surface area is 199 Å². The molecule has 1 heterocycles. The maximum Gasteiger partial charge on any atom is 0.511 e. The molecule has 1 fully saturated rings. The fraction of sp³-hybridized carbons (Fsp3) is 0.632. The van der Waals surface area contributed by atoms with E-state index in [1.165, 1.54) is 18.6 Å². The average molecular weight is 559 g/mol. The molecule has 36 heavy (non-hydrogen) atoms. The number of benzene rings is 1. The van der Waals surface area contributed by atoms with Gasteiger partial charge in [-0.2, -0.15) is 44.2 Å². The van der Waals surface area contributed by atoms with Crippen molar-refractivity contribution in [3.8, 4) is 0 Å². The molecule has 1 aromatic carbocycles. The summed E-state index contributed by atoms with van der Waals surface area (Å²) in [6.45, 7) is 1.60. The van der Waals surface area contributed by atoms with Crippen molar-refractivity contribution < 1.29 is 57.5 Å². The van der Waals surface area contributed by atoms with Crippen LogP contribution in [0.25, 0.3) is 0 Å². The van der Waals surface area contributed by atoms with E-state index in [1.54, 1.807) is 0 Å². The van der Waals surface area contributed by atoms with Gasteiger partial charge in [-0.1, -0.05) is 0 Å². The van der Waals surface area contributed by atoms with Crippen LogP contribution in [0.2, 0.25) is 0 Å². The largest absolute Gasteiger partial charge is 0.511 e. The van der Waals surface area contributed by atoms with E-state index in [2.05, 4.69) is 5.32 Å². The number of carbonyl (C=O) groups excluding carboxylic acids is 1. The van der Waals surface area contributed by atoms with Gasteiger partial charge >= 0.3 is 27.9 Å². The predicted octanol–water partition coefficient (Wildman–Crippen LogP) is 3.61. The van der Waals surface area contributed by atoms with Gasteiger partial charge in [-0.05, 0) is 50.5 Å². The highest BCUT2D eigenvalue weighted by Crippen LogP contribution is 2.38. The molecule has 1 aliphatic rings. The first-order chi connectivity index (χ1) is 16.0. The van der Waals surface area contributed by atoms with Crippen molar-refractivity contribution in [2.75, 3.05) is 13.2 Å². The van der Waals surface area contributed by atoms with E-state index < -0.39 is 80.6 Å². The third-order valence-corrected chi connectivity index (χ3v) is 7.03. The van der Waals surface area contributed by atoms with E-state index >= 15 is 0 Å². The van der Waals surface area contributed by atoms with E-state index in [-0.39, 0.29) is 19.1 Å². The zero-order chi connectivity index (χ0) is 28.0. The fourth-order valence-corrected chi connectivity index (χ4v) is 4.34. The first-order valence-corrected chi connectivity index (χ1v) is 11.6. The van der Waals surface area contributed by atoms with Gasteiger partial charge in [0.1, 0.15) is 5.54 Å². The quantitative estimate of drug-likeness (QED) is 0.443. The topological polar surface area (TPSA) is 111 Å². The molecule has 1 aromatic rings. The van der Waals surface area contributed by atoms with Crippen molar-refractivity contribution in [1.82, 2.24) is 10.0 Å². The minimum Gasteiger partial charge on any atom is -0.372 e. The van der Waals surface area contributed by atoms with Crippen LogP contribution in [0.3, 0.4) is 0 Å². The van der Waals surface area contributed by atoms with Crippen molar-refractivity contribution in [1.29, 1.82) is 0 Å². The van der Waals surface area contributed by atoms with Crippen LogP contribution >= 0.6 is 0 Å². The summed E-state index contributed by atoms with van der Waals surface area (Å²) in [5.74, 6) is -1.39. The Morgan fingerprint density at radius 1 is 1.06 bits per heavy atom. The van der Waals surface area contributed by atoms with Crippen molar-refractivity contribution >= 4 is 15.9 Å². The summed E-state index contributed by atoms with van der Waals surface area (Å²) in [5.41, 5.74) is -7.54. The van der Waals surface area contributed by atoms with E-state index in [0.717, 1.165) is 0 Å². The van der Waals surface area contributed by atoms with Crippen LogP contribution in [0.5, 0.6) is 0 Å². The molecule has 0 aromatic heterocycles. The number of sulfonamides is 1. The molecule has 17 heteroatoms. The maximum absolute atomic E-state index is 13.1. The molecule has 0 aliphatic carbocycles. The molecular formula is C19H22F9N3O4S. The lowest BCUT2D eigenvalue weighted by atomic mass is 9.81. The highest BCUT2D eigenvalue weighted by atomic mass is 32.2. The lowest BCUT2D eigenvalue weighted by molar-refractivity contribution is -0.143. The Hall–Kier alpha value is -2.11. The van der Waals surface area contributed by atoms with E-state index in [0.29, 0.717) is 12.1 Å². The van der Waals surface area contributed by atoms with E-state index in [1.807, 2.05) is 0 Å². The summed E-state index contributed by atoms with van der Waals surface area (Å²) in [5, 5.41) is 2.64. The second-order valence-electron chi connectivity index (χ2n) is 8.70. The van der Waals surface area contributed by atoms with E-state index in [9.17, 15) is 52.7 Å². The molecule has 0 spiro atoms. The van der Waals surface area contributed by atoms with Crippen molar-refractivity contribution in [2.45, 2.75) is 61.7 Å². The molecule has 0 radical (unpaired) electrons. The van der Waals surface area contributed by atoms with Gasteiger partial charge in [0.05, 0.1) is 23.8 Å². The fourth-order valence-electron chi connectivity index (χ4n) is 3.44. The van der Waals surface area contributed by atoms with Crippen LogP contribution in [0.15, 0.2) is 18.2 Å². The highest BCUT2D eigenvalue weighted by molar-refractivity contribution is 7.90. The molecule has 0 bridgehead atoms. The van der Waals surface area contributed by atoms with Crippen molar-refractivity contribution in [3.63, 3.8) is 0 Å². The van der Waals surface area contributed by atoms with Crippen molar-refractivity contribution in [3.05, 3.63) is 34.9 Å². The molecule has 4 N–H and O–H groups in total. The van der Waals surface area contributed by atoms with Crippen LogP contribution < -0.4 is 15.8 Å². The lowest BCUT2D eigenvalue weighted by Gasteiger charge is -2.44. The summed E-state index contributed by atoms with van der Waals surface area (Å²) < 4.78 is 147. The number of hydrogen-bond acceptors (Lipinski definition) is 5. The standard InChI is InChI=1S/C19H22F9N3O4S/c1-10(11-5-12(17(20,21)22)7-13(6-11)18(23,24)25)35-9-15(2)3-4-16(8-30-15,14(29)32)31-36(33,34)19(26,27)28/h5-7,10,30-31H,3-4,8-9H2,1-2H3,(H2,29,32). The SMILES string of the molecule is CC(OCC1(C)CCC(NS(=O)(=O)C(F)(F)F)(C(N)=O)CN1)c1cc(C(F)(F)F)cc(C(F)(F)F)c1. The molecule has 0 saturated carbocycles. The molecular weight excluding hydrogens is 537 g/mol. The number of ether oxygens (including phenoxy) is 1. The number of nitrogens with two attached hydrogens (primary N) is 1. The zero-order valence-electron chi connectivity index (χ0n) is 18.7. The molecule has 1 amide bonds. The number of piperidine rings is 1. The number of carbonyl (C=O) groups is 1. The Morgan fingerprint density at radius 2 is 1.56 bits per heavy atom. The van der Waals surface area contributed by atoms with Gasteiger partial charge in [0, 0.05) is 12.1 Å². The molecule has 1 aliphatic heterocycles. The Balaban J connectivity index is 2.18. The predicted molar refractivity (Wildman–Crippen MR) is 106 cm³/mol. The molecule has 1 saturated heterocycles. The first-order valence-electron chi connectivity index (χ1n) is 10.1. The monoisotopic (exact) mass is 559 g/mol. The third-order valence-electron chi connectivity index (χ3n) is 5.76. The lowest BCUT2D eigenvalue weighted by Crippen LogP contribution is -2.70. The maximum atomic E-state index is 13.1. The summed E-state index contributed by atoms with van der Waals surface area (Å²) in [4.78, 5) is 11.8. The number of alkyl halides is 9. The molecule has 206 valence electrons. The van der Waals surface area contributed by atoms with Crippen LogP contribution in [0.4, 0.5) is 39.5 Å². The van der Waals surface area contributed by atoms with Crippen LogP contribution in [-0.4, -0.2) is 44.1 Å². The highest BCUT2D eigenvalue weighted by Gasteiger charge is 2.54.